The third kappa shape index (κ3) is 27.3. The second kappa shape index (κ2) is 17.3. The molecule has 0 amide bonds. The maximum atomic E-state index is 4.67. The van der Waals surface area contributed by atoms with Crippen LogP contribution in [0.25, 0.3) is 0 Å². The van der Waals surface area contributed by atoms with Crippen molar-refractivity contribution in [3.05, 3.63) is 0 Å². The second-order valence-corrected chi connectivity index (χ2v) is 1.60. The molecular formula is H2Cl4Cu. The van der Waals surface area contributed by atoms with Crippen LogP contribution in [0, 0.1) is 0 Å². The van der Waals surface area contributed by atoms with Gasteiger partial charge in [-0.2, -0.15) is 0 Å². The van der Waals surface area contributed by atoms with Crippen LogP contribution in [0.4, 0.5) is 0 Å². The monoisotopic (exact) mass is 205 g/mol. The van der Waals surface area contributed by atoms with Crippen molar-refractivity contribution in [2.75, 3.05) is 0 Å². The van der Waals surface area contributed by atoms with Crippen LogP contribution in [0.3, 0.4) is 0 Å². The molecule has 0 nitrogen and oxygen atoms in total. The molecule has 0 unspecified atom stereocenters. The van der Waals surface area contributed by atoms with Gasteiger partial charge < -0.3 is 0 Å². The minimum absolute atomic E-state index is 0. The van der Waals surface area contributed by atoms with Crippen molar-refractivity contribution in [3.8, 4) is 0 Å². The van der Waals surface area contributed by atoms with E-state index in [1.165, 1.54) is 0 Å². The van der Waals surface area contributed by atoms with Crippen LogP contribution in [0.5, 0.6) is 0 Å². The molecule has 0 bridgehead atoms. The summed E-state index contributed by atoms with van der Waals surface area (Å²) in [4.78, 5) is 0. The molecule has 0 rings (SSSR count). The molecule has 0 aromatic heterocycles. The van der Waals surface area contributed by atoms with Crippen molar-refractivity contribution in [3.63, 3.8) is 0 Å². The van der Waals surface area contributed by atoms with Crippen molar-refractivity contribution in [2.24, 2.45) is 0 Å². The van der Waals surface area contributed by atoms with Gasteiger partial charge in [-0.1, -0.05) is 0 Å². The number of hydrogen-bond acceptors (Lipinski definition) is 0. The van der Waals surface area contributed by atoms with Gasteiger partial charge in [0, 0.05) is 0 Å². The van der Waals surface area contributed by atoms with E-state index in [1.807, 2.05) is 0 Å². The van der Waals surface area contributed by atoms with E-state index in [2.05, 4.69) is 20.2 Å². The van der Waals surface area contributed by atoms with E-state index < -0.39 is 0 Å². The van der Waals surface area contributed by atoms with Crippen LogP contribution < -0.4 is 0 Å². The Labute approximate surface area is 58.0 Å². The Morgan fingerprint density at radius 3 is 1.00 bits per heavy atom. The van der Waals surface area contributed by atoms with Gasteiger partial charge in [0.1, 0.15) is 0 Å². The minimum atomic E-state index is 0. The molecule has 5 heteroatoms. The molecule has 5 heavy (non-hydrogen) atoms. The van der Waals surface area contributed by atoms with Crippen molar-refractivity contribution < 1.29 is 13.1 Å². The summed E-state index contributed by atoms with van der Waals surface area (Å²) in [7, 11) is 9.34. The fourth-order valence-corrected chi connectivity index (χ4v) is 0. The molecule has 0 heterocycles. The summed E-state index contributed by atoms with van der Waals surface area (Å²) in [6, 6.07) is 0. The van der Waals surface area contributed by atoms with Crippen LogP contribution in [-0.4, -0.2) is 0 Å². The van der Waals surface area contributed by atoms with Crippen molar-refractivity contribution in [2.45, 2.75) is 0 Å². The van der Waals surface area contributed by atoms with Crippen molar-refractivity contribution >= 4 is 45.0 Å². The predicted octanol–water partition coefficient (Wildman–Crippen LogP) is 2.22. The zero-order valence-corrected chi connectivity index (χ0v) is 5.96. The van der Waals surface area contributed by atoms with Gasteiger partial charge >= 0.3 is 33.3 Å². The molecule has 0 saturated carbocycles. The van der Waals surface area contributed by atoms with Crippen LogP contribution in [-0.2, 0) is 13.1 Å². The Balaban J connectivity index is -0.0000000200. The Kier molecular flexibility index (Phi) is 55.1. The van der Waals surface area contributed by atoms with Crippen LogP contribution >= 0.6 is 45.0 Å². The van der Waals surface area contributed by atoms with E-state index in [0.29, 0.717) is 0 Å². The van der Waals surface area contributed by atoms with E-state index in [9.17, 15) is 0 Å². The zero-order valence-electron chi connectivity index (χ0n) is 1.87. The molecule has 0 radical (unpaired) electrons. The first-order valence-corrected chi connectivity index (χ1v) is 2.82. The second-order valence-electron chi connectivity index (χ2n) is 0.0431. The first-order valence-electron chi connectivity index (χ1n) is 0.228. The van der Waals surface area contributed by atoms with Gasteiger partial charge in [0.2, 0.25) is 0 Å². The summed E-state index contributed by atoms with van der Waals surface area (Å²) < 4.78 is 0. The van der Waals surface area contributed by atoms with Gasteiger partial charge in [-0.3, -0.25) is 0 Å². The summed E-state index contributed by atoms with van der Waals surface area (Å²) in [5, 5.41) is 0. The molecule has 41 valence electrons. The molecule has 0 aliphatic carbocycles. The quantitative estimate of drug-likeness (QED) is 0.534. The first-order chi connectivity index (χ1) is 1.41. The Bertz CT molecular complexity index is 3.61. The molecular weight excluding hydrogens is 205 g/mol. The van der Waals surface area contributed by atoms with Crippen LogP contribution in [0.1, 0.15) is 0 Å². The zero-order chi connectivity index (χ0) is 2.71. The molecule has 0 saturated heterocycles. The number of hydrogen-bond donors (Lipinski definition) is 0. The van der Waals surface area contributed by atoms with E-state index in [4.69, 9.17) is 0 Å². The number of halogens is 4. The molecule has 0 spiro atoms. The Morgan fingerprint density at radius 1 is 1.00 bits per heavy atom. The van der Waals surface area contributed by atoms with E-state index in [1.54, 1.807) is 0 Å². The Hall–Kier alpha value is 1.68. The van der Waals surface area contributed by atoms with E-state index in [0.717, 1.165) is 13.1 Å². The van der Waals surface area contributed by atoms with Gasteiger partial charge in [-0.05, 0) is 0 Å². The maximum absolute atomic E-state index is 4.67. The van der Waals surface area contributed by atoms with Gasteiger partial charge in [0.05, 0.1) is 0 Å². The van der Waals surface area contributed by atoms with E-state index >= 15 is 0 Å². The number of rotatable bonds is 0. The van der Waals surface area contributed by atoms with Crippen LogP contribution in [0.15, 0.2) is 0 Å². The van der Waals surface area contributed by atoms with Gasteiger partial charge in [-0.15, -0.1) is 24.8 Å². The molecule has 0 aliphatic heterocycles. The molecule has 0 aromatic carbocycles. The average Bonchev–Trinajstić information content (AvgIpc) is 0.918. The Morgan fingerprint density at radius 2 is 1.00 bits per heavy atom. The average molecular weight is 207 g/mol. The summed E-state index contributed by atoms with van der Waals surface area (Å²) in [5.41, 5.74) is 0. The fraction of sp³-hybridized carbons (Fsp3) is 0. The normalized spacial score (nSPS) is 4.40. The summed E-state index contributed by atoms with van der Waals surface area (Å²) in [6.45, 7) is 0. The fourth-order valence-electron chi connectivity index (χ4n) is 0. The molecule has 0 aliphatic rings. The first kappa shape index (κ1) is 15.9. The summed E-state index contributed by atoms with van der Waals surface area (Å²) in [5.74, 6) is 0. The van der Waals surface area contributed by atoms with E-state index in [-0.39, 0.29) is 24.8 Å². The summed E-state index contributed by atoms with van der Waals surface area (Å²) >= 11 is 0.757. The van der Waals surface area contributed by atoms with Crippen LogP contribution in [0.2, 0.25) is 0 Å². The third-order valence-electron chi connectivity index (χ3n) is 0. The third-order valence-corrected chi connectivity index (χ3v) is 0. The van der Waals surface area contributed by atoms with Crippen molar-refractivity contribution in [1.82, 2.24) is 0 Å². The van der Waals surface area contributed by atoms with Gasteiger partial charge in [-0.25, -0.2) is 0 Å². The van der Waals surface area contributed by atoms with Gasteiger partial charge in [0.25, 0.3) is 0 Å². The predicted molar refractivity (Wildman–Crippen MR) is 26.2 cm³/mol. The molecule has 0 N–H and O–H groups in total. The molecule has 0 atom stereocenters. The van der Waals surface area contributed by atoms with Crippen molar-refractivity contribution in [1.29, 1.82) is 0 Å². The molecule has 0 fully saturated rings. The SMILES string of the molecule is Cl.Cl.[Cl][Cu][Cl]. The summed E-state index contributed by atoms with van der Waals surface area (Å²) in [6.07, 6.45) is 0. The standard InChI is InChI=1S/4ClH.Cu/h4*1H;/q;;;;+2/p-2. The van der Waals surface area contributed by atoms with Gasteiger partial charge in [0.15, 0.2) is 0 Å². The molecule has 0 aromatic rings. The topological polar surface area (TPSA) is 0 Å².